The van der Waals surface area contributed by atoms with Crippen molar-refractivity contribution in [3.63, 3.8) is 0 Å². The number of aliphatic hydroxyl groups excluding tert-OH is 1. The third-order valence-electron chi connectivity index (χ3n) is 4.89. The fourth-order valence-electron chi connectivity index (χ4n) is 3.49. The van der Waals surface area contributed by atoms with Gasteiger partial charge in [-0.2, -0.15) is 0 Å². The molecule has 0 unspecified atom stereocenters. The Labute approximate surface area is 177 Å². The number of nitrogens with zero attached hydrogens (tertiary/aromatic N) is 3. The molecule has 7 heteroatoms. The Morgan fingerprint density at radius 2 is 1.77 bits per heavy atom. The lowest BCUT2D eigenvalue weighted by molar-refractivity contribution is 0.305. The first-order chi connectivity index (χ1) is 14.7. The van der Waals surface area contributed by atoms with E-state index in [-0.39, 0.29) is 11.8 Å². The molecule has 0 amide bonds. The molecular weight excluding hydrogens is 396 g/mol. The van der Waals surface area contributed by atoms with Gasteiger partial charge in [0.2, 0.25) is 0 Å². The molecule has 0 saturated carbocycles. The van der Waals surface area contributed by atoms with Gasteiger partial charge in [-0.25, -0.2) is 9.97 Å². The molecule has 0 saturated heterocycles. The number of H-pyrrole nitrogens is 1. The number of thiocarbonyl (C=S) groups is 1. The van der Waals surface area contributed by atoms with Gasteiger partial charge in [-0.1, -0.05) is 36.4 Å². The molecule has 0 fully saturated rings. The fraction of sp³-hybridized carbons (Fsp3) is 0.0870. The van der Waals surface area contributed by atoms with Crippen molar-refractivity contribution in [2.45, 2.75) is 0 Å². The van der Waals surface area contributed by atoms with E-state index < -0.39 is 0 Å². The highest BCUT2D eigenvalue weighted by Gasteiger charge is 2.15. The Bertz CT molecular complexity index is 1370. The quantitative estimate of drug-likeness (QED) is 0.424. The minimum absolute atomic E-state index is 0.0415. The first-order valence-electron chi connectivity index (χ1n) is 9.56. The summed E-state index contributed by atoms with van der Waals surface area (Å²) in [6.45, 7) is 0.298. The summed E-state index contributed by atoms with van der Waals surface area (Å²) in [7, 11) is 0. The van der Waals surface area contributed by atoms with Crippen LogP contribution in [0.25, 0.3) is 33.1 Å². The number of aliphatic hydroxyl groups is 1. The number of anilines is 1. The van der Waals surface area contributed by atoms with Crippen LogP contribution >= 0.6 is 12.2 Å². The van der Waals surface area contributed by atoms with Crippen molar-refractivity contribution in [3.05, 3.63) is 72.8 Å². The number of nitrogens with one attached hydrogen (secondary N) is 1. The van der Waals surface area contributed by atoms with Gasteiger partial charge in [0.1, 0.15) is 11.3 Å². The lowest BCUT2D eigenvalue weighted by Gasteiger charge is -2.24. The molecule has 5 rings (SSSR count). The SMILES string of the molecule is OCCN(C(=S)Oc1ccc2nc3[nH]c4ccccc4c3nc2c1)c1ccccc1. The second-order valence-corrected chi connectivity index (χ2v) is 7.17. The van der Waals surface area contributed by atoms with Crippen LogP contribution in [0.4, 0.5) is 5.69 Å². The van der Waals surface area contributed by atoms with Crippen molar-refractivity contribution in [1.29, 1.82) is 0 Å². The lowest BCUT2D eigenvalue weighted by atomic mass is 10.2. The predicted octanol–water partition coefficient (Wildman–Crippen LogP) is 4.43. The minimum atomic E-state index is -0.0415. The van der Waals surface area contributed by atoms with Crippen molar-refractivity contribution in [3.8, 4) is 5.75 Å². The largest absolute Gasteiger partial charge is 0.431 e. The summed E-state index contributed by atoms with van der Waals surface area (Å²) in [5.41, 5.74) is 4.93. The third-order valence-corrected chi connectivity index (χ3v) is 5.19. The second-order valence-electron chi connectivity index (χ2n) is 6.82. The molecule has 30 heavy (non-hydrogen) atoms. The Kier molecular flexibility index (Phi) is 4.74. The topological polar surface area (TPSA) is 74.3 Å². The first kappa shape index (κ1) is 18.5. The molecule has 148 valence electrons. The number of fused-ring (bicyclic) bond motifs is 4. The predicted molar refractivity (Wildman–Crippen MR) is 123 cm³/mol. The molecule has 0 bridgehead atoms. The average molecular weight is 414 g/mol. The molecule has 2 N–H and O–H groups in total. The molecule has 2 aromatic heterocycles. The maximum absolute atomic E-state index is 9.44. The molecule has 0 aliphatic carbocycles. The molecule has 0 aliphatic rings. The summed E-state index contributed by atoms with van der Waals surface area (Å²) < 4.78 is 5.94. The first-order valence-corrected chi connectivity index (χ1v) is 9.97. The zero-order valence-corrected chi connectivity index (χ0v) is 16.8. The second kappa shape index (κ2) is 7.70. The van der Waals surface area contributed by atoms with E-state index in [0.29, 0.717) is 12.3 Å². The summed E-state index contributed by atoms with van der Waals surface area (Å²) in [4.78, 5) is 14.6. The Hall–Kier alpha value is -3.55. The Morgan fingerprint density at radius 3 is 2.60 bits per heavy atom. The van der Waals surface area contributed by atoms with Gasteiger partial charge in [0.05, 0.1) is 24.2 Å². The van der Waals surface area contributed by atoms with Gasteiger partial charge in [0, 0.05) is 22.7 Å². The van der Waals surface area contributed by atoms with Crippen molar-refractivity contribution in [2.24, 2.45) is 0 Å². The van der Waals surface area contributed by atoms with Crippen molar-refractivity contribution < 1.29 is 9.84 Å². The number of para-hydroxylation sites is 2. The molecule has 0 spiro atoms. The number of hydrogen-bond acceptors (Lipinski definition) is 5. The number of aromatic amines is 1. The Balaban J connectivity index is 1.50. The van der Waals surface area contributed by atoms with Gasteiger partial charge in [0.25, 0.3) is 5.17 Å². The number of benzene rings is 3. The fourth-order valence-corrected chi connectivity index (χ4v) is 3.78. The van der Waals surface area contributed by atoms with Gasteiger partial charge in [-0.05, 0) is 42.5 Å². The molecule has 0 radical (unpaired) electrons. The van der Waals surface area contributed by atoms with Gasteiger partial charge in [-0.15, -0.1) is 0 Å². The summed E-state index contributed by atoms with van der Waals surface area (Å²) in [5.74, 6) is 0.569. The summed E-state index contributed by atoms with van der Waals surface area (Å²) >= 11 is 5.51. The number of hydrogen-bond donors (Lipinski definition) is 2. The van der Waals surface area contributed by atoms with Crippen LogP contribution in [0.5, 0.6) is 5.75 Å². The van der Waals surface area contributed by atoms with Crippen molar-refractivity contribution >= 4 is 56.2 Å². The molecular formula is C23H18N4O2S. The highest BCUT2D eigenvalue weighted by Crippen LogP contribution is 2.26. The van der Waals surface area contributed by atoms with Crippen LogP contribution in [0.1, 0.15) is 0 Å². The summed E-state index contributed by atoms with van der Waals surface area (Å²) in [6.07, 6.45) is 0. The van der Waals surface area contributed by atoms with Gasteiger partial charge < -0.3 is 19.7 Å². The van der Waals surface area contributed by atoms with E-state index in [0.717, 1.165) is 38.8 Å². The van der Waals surface area contributed by atoms with Crippen LogP contribution in [-0.2, 0) is 0 Å². The summed E-state index contributed by atoms with van der Waals surface area (Å²) in [6, 6.07) is 23.1. The normalized spacial score (nSPS) is 11.2. The van der Waals surface area contributed by atoms with Crippen LogP contribution in [0.2, 0.25) is 0 Å². The number of rotatable bonds is 4. The number of aromatic nitrogens is 3. The van der Waals surface area contributed by atoms with E-state index in [1.165, 1.54) is 0 Å². The summed E-state index contributed by atoms with van der Waals surface area (Å²) in [5, 5.41) is 10.7. The van der Waals surface area contributed by atoms with E-state index in [9.17, 15) is 5.11 Å². The lowest BCUT2D eigenvalue weighted by Crippen LogP contribution is -2.35. The van der Waals surface area contributed by atoms with E-state index in [1.807, 2.05) is 72.8 Å². The Morgan fingerprint density at radius 1 is 0.967 bits per heavy atom. The van der Waals surface area contributed by atoms with Gasteiger partial charge in [0.15, 0.2) is 5.65 Å². The van der Waals surface area contributed by atoms with Crippen LogP contribution in [0.15, 0.2) is 72.8 Å². The highest BCUT2D eigenvalue weighted by atomic mass is 32.1. The zero-order valence-electron chi connectivity index (χ0n) is 15.9. The van der Waals surface area contributed by atoms with E-state index >= 15 is 0 Å². The van der Waals surface area contributed by atoms with E-state index in [2.05, 4.69) is 4.98 Å². The van der Waals surface area contributed by atoms with Crippen LogP contribution in [-0.4, -0.2) is 38.4 Å². The maximum atomic E-state index is 9.44. The highest BCUT2D eigenvalue weighted by molar-refractivity contribution is 7.80. The molecule has 5 aromatic rings. The standard InChI is InChI=1S/C23H18N4O2S/c28-13-12-27(15-6-2-1-3-7-15)23(30)29-16-10-11-19-20(14-16)24-21-17-8-4-5-9-18(17)25-22(21)26-19/h1-11,14,28H,12-13H2,(H,25,26). The monoisotopic (exact) mass is 414 g/mol. The maximum Gasteiger partial charge on any atom is 0.269 e. The molecule has 0 aliphatic heterocycles. The number of ether oxygens (including phenoxy) is 1. The molecule has 0 atom stereocenters. The average Bonchev–Trinajstić information content (AvgIpc) is 3.14. The molecule has 6 nitrogen and oxygen atoms in total. The minimum Gasteiger partial charge on any atom is -0.431 e. The molecule has 2 heterocycles. The van der Waals surface area contributed by atoms with Crippen LogP contribution in [0, 0.1) is 0 Å². The van der Waals surface area contributed by atoms with Gasteiger partial charge in [-0.3, -0.25) is 0 Å². The third kappa shape index (κ3) is 3.34. The van der Waals surface area contributed by atoms with Crippen LogP contribution in [0.3, 0.4) is 0 Å². The van der Waals surface area contributed by atoms with E-state index in [4.69, 9.17) is 26.9 Å². The zero-order chi connectivity index (χ0) is 20.5. The van der Waals surface area contributed by atoms with E-state index in [1.54, 1.807) is 4.90 Å². The van der Waals surface area contributed by atoms with Crippen LogP contribution < -0.4 is 9.64 Å². The van der Waals surface area contributed by atoms with Gasteiger partial charge >= 0.3 is 0 Å². The van der Waals surface area contributed by atoms with Crippen molar-refractivity contribution in [2.75, 3.05) is 18.1 Å². The van der Waals surface area contributed by atoms with Crippen molar-refractivity contribution in [1.82, 2.24) is 15.0 Å². The smallest absolute Gasteiger partial charge is 0.269 e. The molecule has 3 aromatic carbocycles.